The van der Waals surface area contributed by atoms with Gasteiger partial charge in [0.2, 0.25) is 0 Å². The fourth-order valence-corrected chi connectivity index (χ4v) is 2.02. The molecule has 1 fully saturated rings. The van der Waals surface area contributed by atoms with Crippen LogP contribution in [0.2, 0.25) is 0 Å². The summed E-state index contributed by atoms with van der Waals surface area (Å²) >= 11 is 0. The molecule has 1 aliphatic heterocycles. The van der Waals surface area contributed by atoms with Gasteiger partial charge in [0.1, 0.15) is 17.7 Å². The summed E-state index contributed by atoms with van der Waals surface area (Å²) in [7, 11) is 0. The van der Waals surface area contributed by atoms with Gasteiger partial charge in [0, 0.05) is 19.1 Å². The Labute approximate surface area is 96.0 Å². The summed E-state index contributed by atoms with van der Waals surface area (Å²) in [5, 5.41) is 0. The van der Waals surface area contributed by atoms with Crippen molar-refractivity contribution in [2.75, 3.05) is 13.1 Å². The zero-order chi connectivity index (χ0) is 11.5. The van der Waals surface area contributed by atoms with E-state index in [-0.39, 0.29) is 11.9 Å². The topological polar surface area (TPSA) is 12.5 Å². The van der Waals surface area contributed by atoms with E-state index in [4.69, 9.17) is 4.74 Å². The van der Waals surface area contributed by atoms with E-state index in [0.29, 0.717) is 6.04 Å². The predicted octanol–water partition coefficient (Wildman–Crippen LogP) is 2.69. The Morgan fingerprint density at radius 3 is 2.56 bits per heavy atom. The van der Waals surface area contributed by atoms with Gasteiger partial charge in [-0.25, -0.2) is 4.39 Å². The van der Waals surface area contributed by atoms with E-state index in [1.165, 1.54) is 12.1 Å². The number of benzene rings is 1. The van der Waals surface area contributed by atoms with Gasteiger partial charge >= 0.3 is 0 Å². The van der Waals surface area contributed by atoms with E-state index in [9.17, 15) is 4.39 Å². The van der Waals surface area contributed by atoms with E-state index in [1.54, 1.807) is 12.1 Å². The molecule has 1 saturated heterocycles. The van der Waals surface area contributed by atoms with E-state index in [0.717, 1.165) is 25.3 Å². The lowest BCUT2D eigenvalue weighted by Gasteiger charge is -2.20. The Kier molecular flexibility index (Phi) is 3.44. The Balaban J connectivity index is 1.89. The quantitative estimate of drug-likeness (QED) is 0.781. The van der Waals surface area contributed by atoms with Crippen LogP contribution in [0.1, 0.15) is 20.3 Å². The zero-order valence-corrected chi connectivity index (χ0v) is 9.82. The molecule has 88 valence electrons. The van der Waals surface area contributed by atoms with E-state index in [1.807, 2.05) is 0 Å². The lowest BCUT2D eigenvalue weighted by atomic mass is 10.3. The van der Waals surface area contributed by atoms with Crippen LogP contribution in [-0.2, 0) is 0 Å². The minimum atomic E-state index is -0.220. The van der Waals surface area contributed by atoms with Crippen LogP contribution in [-0.4, -0.2) is 30.1 Å². The van der Waals surface area contributed by atoms with Crippen molar-refractivity contribution in [1.82, 2.24) is 4.90 Å². The van der Waals surface area contributed by atoms with E-state index < -0.39 is 0 Å². The lowest BCUT2D eigenvalue weighted by Crippen LogP contribution is -2.30. The summed E-state index contributed by atoms with van der Waals surface area (Å²) in [6.07, 6.45) is 1.29. The lowest BCUT2D eigenvalue weighted by molar-refractivity contribution is 0.187. The Morgan fingerprint density at radius 1 is 1.31 bits per heavy atom. The molecule has 2 nitrogen and oxygen atoms in total. The molecular formula is C13H18FNO. The molecule has 1 aliphatic rings. The molecule has 2 rings (SSSR count). The van der Waals surface area contributed by atoms with Crippen molar-refractivity contribution < 1.29 is 9.13 Å². The summed E-state index contributed by atoms with van der Waals surface area (Å²) in [5.74, 6) is 0.541. The summed E-state index contributed by atoms with van der Waals surface area (Å²) < 4.78 is 18.5. The van der Waals surface area contributed by atoms with Crippen LogP contribution in [0.15, 0.2) is 24.3 Å². The summed E-state index contributed by atoms with van der Waals surface area (Å²) in [6.45, 7) is 6.44. The minimum Gasteiger partial charge on any atom is -0.489 e. The van der Waals surface area contributed by atoms with Gasteiger partial charge in [-0.05, 0) is 44.5 Å². The molecule has 0 radical (unpaired) electrons. The van der Waals surface area contributed by atoms with Crippen molar-refractivity contribution in [2.45, 2.75) is 32.4 Å². The molecule has 0 saturated carbocycles. The molecule has 1 atom stereocenters. The first-order valence-corrected chi connectivity index (χ1v) is 5.81. The largest absolute Gasteiger partial charge is 0.489 e. The van der Waals surface area contributed by atoms with Gasteiger partial charge in [0.15, 0.2) is 0 Å². The molecule has 3 heteroatoms. The zero-order valence-electron chi connectivity index (χ0n) is 9.82. The maximum atomic E-state index is 12.7. The molecule has 0 unspecified atom stereocenters. The number of nitrogens with zero attached hydrogens (tertiary/aromatic N) is 1. The SMILES string of the molecule is CC(C)N1CC[C@@H](Oc2ccc(F)cc2)C1. The van der Waals surface area contributed by atoms with Crippen molar-refractivity contribution in [3.8, 4) is 5.75 Å². The fourth-order valence-electron chi connectivity index (χ4n) is 2.02. The Hall–Kier alpha value is -1.09. The molecule has 0 N–H and O–H groups in total. The second-order valence-corrected chi connectivity index (χ2v) is 4.57. The maximum absolute atomic E-state index is 12.7. The van der Waals surface area contributed by atoms with Crippen molar-refractivity contribution >= 4 is 0 Å². The molecule has 16 heavy (non-hydrogen) atoms. The normalized spacial score (nSPS) is 21.6. The van der Waals surface area contributed by atoms with Gasteiger partial charge < -0.3 is 4.74 Å². The summed E-state index contributed by atoms with van der Waals surface area (Å²) in [4.78, 5) is 2.40. The molecular weight excluding hydrogens is 205 g/mol. The average molecular weight is 223 g/mol. The number of ether oxygens (including phenoxy) is 1. The number of hydrogen-bond donors (Lipinski definition) is 0. The van der Waals surface area contributed by atoms with Crippen LogP contribution in [0.3, 0.4) is 0 Å². The van der Waals surface area contributed by atoms with Crippen LogP contribution in [0, 0.1) is 5.82 Å². The van der Waals surface area contributed by atoms with Gasteiger partial charge in [0.25, 0.3) is 0 Å². The first-order chi connectivity index (χ1) is 7.65. The van der Waals surface area contributed by atoms with E-state index >= 15 is 0 Å². The highest BCUT2D eigenvalue weighted by Gasteiger charge is 2.25. The molecule has 0 spiro atoms. The van der Waals surface area contributed by atoms with E-state index in [2.05, 4.69) is 18.7 Å². The third-order valence-electron chi connectivity index (χ3n) is 3.02. The van der Waals surface area contributed by atoms with Crippen molar-refractivity contribution in [3.05, 3.63) is 30.1 Å². The first-order valence-electron chi connectivity index (χ1n) is 5.81. The van der Waals surface area contributed by atoms with Crippen LogP contribution in [0.4, 0.5) is 4.39 Å². The van der Waals surface area contributed by atoms with Crippen LogP contribution in [0.5, 0.6) is 5.75 Å². The second-order valence-electron chi connectivity index (χ2n) is 4.57. The molecule has 1 aromatic carbocycles. The van der Waals surface area contributed by atoms with Gasteiger partial charge in [-0.3, -0.25) is 4.90 Å². The average Bonchev–Trinajstić information content (AvgIpc) is 2.70. The molecule has 1 heterocycles. The van der Waals surface area contributed by atoms with Gasteiger partial charge in [-0.1, -0.05) is 0 Å². The number of hydrogen-bond acceptors (Lipinski definition) is 2. The molecule has 0 aliphatic carbocycles. The highest BCUT2D eigenvalue weighted by atomic mass is 19.1. The van der Waals surface area contributed by atoms with Gasteiger partial charge in [-0.2, -0.15) is 0 Å². The third-order valence-corrected chi connectivity index (χ3v) is 3.02. The van der Waals surface area contributed by atoms with Crippen molar-refractivity contribution in [2.24, 2.45) is 0 Å². The van der Waals surface area contributed by atoms with Gasteiger partial charge in [0.05, 0.1) is 0 Å². The van der Waals surface area contributed by atoms with Crippen LogP contribution >= 0.6 is 0 Å². The molecule has 1 aromatic rings. The fraction of sp³-hybridized carbons (Fsp3) is 0.538. The smallest absolute Gasteiger partial charge is 0.123 e. The minimum absolute atomic E-state index is 0.220. The maximum Gasteiger partial charge on any atom is 0.123 e. The predicted molar refractivity (Wildman–Crippen MR) is 62.1 cm³/mol. The Bertz CT molecular complexity index is 336. The monoisotopic (exact) mass is 223 g/mol. The summed E-state index contributed by atoms with van der Waals surface area (Å²) in [6, 6.07) is 6.82. The van der Waals surface area contributed by atoms with Gasteiger partial charge in [-0.15, -0.1) is 0 Å². The van der Waals surface area contributed by atoms with Crippen molar-refractivity contribution in [3.63, 3.8) is 0 Å². The number of likely N-dealkylation sites (tertiary alicyclic amines) is 1. The Morgan fingerprint density at radius 2 is 2.00 bits per heavy atom. The van der Waals surface area contributed by atoms with Crippen molar-refractivity contribution in [1.29, 1.82) is 0 Å². The standard InChI is InChI=1S/C13H18FNO/c1-10(2)15-8-7-13(9-15)16-12-5-3-11(14)4-6-12/h3-6,10,13H,7-9H2,1-2H3/t13-/m1/s1. The number of rotatable bonds is 3. The summed E-state index contributed by atoms with van der Waals surface area (Å²) in [5.41, 5.74) is 0. The highest BCUT2D eigenvalue weighted by Crippen LogP contribution is 2.19. The molecule has 0 aromatic heterocycles. The molecule has 0 bridgehead atoms. The second kappa shape index (κ2) is 4.83. The number of halogens is 1. The van der Waals surface area contributed by atoms with Crippen LogP contribution < -0.4 is 4.74 Å². The first kappa shape index (κ1) is 11.4. The van der Waals surface area contributed by atoms with Crippen LogP contribution in [0.25, 0.3) is 0 Å². The molecule has 0 amide bonds. The highest BCUT2D eigenvalue weighted by molar-refractivity contribution is 5.22. The third kappa shape index (κ3) is 2.73.